The minimum absolute atomic E-state index is 0.158. The van der Waals surface area contributed by atoms with E-state index in [0.29, 0.717) is 17.1 Å². The van der Waals surface area contributed by atoms with Gasteiger partial charge < -0.3 is 10.6 Å². The molecule has 2 aromatic rings. The summed E-state index contributed by atoms with van der Waals surface area (Å²) in [5, 5.41) is 9.71. The summed E-state index contributed by atoms with van der Waals surface area (Å²) >= 11 is 5.95. The number of rotatable bonds is 7. The molecule has 0 radical (unpaired) electrons. The van der Waals surface area contributed by atoms with Crippen molar-refractivity contribution in [3.8, 4) is 0 Å². The molecule has 1 aromatic heterocycles. The predicted molar refractivity (Wildman–Crippen MR) is 94.9 cm³/mol. The second-order valence-corrected chi connectivity index (χ2v) is 5.68. The molecule has 25 heavy (non-hydrogen) atoms. The highest BCUT2D eigenvalue weighted by atomic mass is 35.5. The normalized spacial score (nSPS) is 10.3. The predicted octanol–water partition coefficient (Wildman–Crippen LogP) is 1.47. The van der Waals surface area contributed by atoms with Gasteiger partial charge in [0.05, 0.1) is 10.6 Å². The zero-order valence-corrected chi connectivity index (χ0v) is 14.5. The maximum absolute atomic E-state index is 12.1. The van der Waals surface area contributed by atoms with E-state index in [4.69, 9.17) is 11.6 Å². The Balaban J connectivity index is 1.85. The summed E-state index contributed by atoms with van der Waals surface area (Å²) in [5.41, 5.74) is 0.291. The third-order valence-corrected chi connectivity index (χ3v) is 3.68. The maximum atomic E-state index is 12.1. The number of halogens is 1. The van der Waals surface area contributed by atoms with Gasteiger partial charge in [-0.15, -0.1) is 0 Å². The SMILES string of the molecule is CCCn1nc(C(=O)NCCNC(=O)c2ccccc2Cl)ccc1=O. The van der Waals surface area contributed by atoms with Crippen LogP contribution in [-0.4, -0.2) is 34.7 Å². The van der Waals surface area contributed by atoms with Crippen LogP contribution in [0.25, 0.3) is 0 Å². The molecule has 2 amide bonds. The van der Waals surface area contributed by atoms with E-state index in [2.05, 4.69) is 15.7 Å². The molecule has 7 nitrogen and oxygen atoms in total. The summed E-state index contributed by atoms with van der Waals surface area (Å²) < 4.78 is 1.26. The summed E-state index contributed by atoms with van der Waals surface area (Å²) in [6.07, 6.45) is 0.742. The number of nitrogens with one attached hydrogen (secondary N) is 2. The highest BCUT2D eigenvalue weighted by Crippen LogP contribution is 2.14. The molecule has 0 fully saturated rings. The number of aryl methyl sites for hydroxylation is 1. The summed E-state index contributed by atoms with van der Waals surface area (Å²) in [4.78, 5) is 35.6. The van der Waals surface area contributed by atoms with Gasteiger partial charge in [0.2, 0.25) is 0 Å². The first-order valence-electron chi connectivity index (χ1n) is 7.92. The molecule has 0 spiro atoms. The van der Waals surface area contributed by atoms with Crippen molar-refractivity contribution in [3.63, 3.8) is 0 Å². The summed E-state index contributed by atoms with van der Waals surface area (Å²) in [6, 6.07) is 9.42. The fourth-order valence-electron chi connectivity index (χ4n) is 2.13. The van der Waals surface area contributed by atoms with E-state index in [1.807, 2.05) is 6.92 Å². The second-order valence-electron chi connectivity index (χ2n) is 5.27. The smallest absolute Gasteiger partial charge is 0.271 e. The molecule has 1 aromatic carbocycles. The van der Waals surface area contributed by atoms with E-state index >= 15 is 0 Å². The molecule has 0 saturated heterocycles. The van der Waals surface area contributed by atoms with Crippen LogP contribution >= 0.6 is 11.6 Å². The lowest BCUT2D eigenvalue weighted by atomic mass is 10.2. The number of amides is 2. The zero-order valence-electron chi connectivity index (χ0n) is 13.8. The fraction of sp³-hybridized carbons (Fsp3) is 0.294. The molecular weight excluding hydrogens is 344 g/mol. The van der Waals surface area contributed by atoms with Crippen LogP contribution in [0.4, 0.5) is 0 Å². The number of benzene rings is 1. The minimum atomic E-state index is -0.406. The molecule has 132 valence electrons. The number of carbonyl (C=O) groups excluding carboxylic acids is 2. The quantitative estimate of drug-likeness (QED) is 0.729. The van der Waals surface area contributed by atoms with Crippen molar-refractivity contribution in [1.29, 1.82) is 0 Å². The topological polar surface area (TPSA) is 93.1 Å². The fourth-order valence-corrected chi connectivity index (χ4v) is 2.35. The van der Waals surface area contributed by atoms with Gasteiger partial charge in [0.1, 0.15) is 5.69 Å². The Kier molecular flexibility index (Phi) is 6.71. The second kappa shape index (κ2) is 8.98. The largest absolute Gasteiger partial charge is 0.350 e. The molecule has 1 heterocycles. The highest BCUT2D eigenvalue weighted by Gasteiger charge is 2.11. The number of hydrogen-bond acceptors (Lipinski definition) is 4. The van der Waals surface area contributed by atoms with Crippen molar-refractivity contribution in [2.45, 2.75) is 19.9 Å². The van der Waals surface area contributed by atoms with Crippen LogP contribution in [0.3, 0.4) is 0 Å². The number of nitrogens with zero attached hydrogens (tertiary/aromatic N) is 2. The molecule has 0 bridgehead atoms. The molecule has 0 aliphatic rings. The number of carbonyl (C=O) groups is 2. The molecule has 2 N–H and O–H groups in total. The third-order valence-electron chi connectivity index (χ3n) is 3.35. The monoisotopic (exact) mass is 362 g/mol. The van der Waals surface area contributed by atoms with Crippen LogP contribution in [0, 0.1) is 0 Å². The van der Waals surface area contributed by atoms with Crippen LogP contribution in [0.2, 0.25) is 5.02 Å². The van der Waals surface area contributed by atoms with Crippen molar-refractivity contribution >= 4 is 23.4 Å². The van der Waals surface area contributed by atoms with Crippen molar-refractivity contribution in [2.24, 2.45) is 0 Å². The molecular formula is C17H19ClN4O3. The first-order chi connectivity index (χ1) is 12.0. The maximum Gasteiger partial charge on any atom is 0.271 e. The van der Waals surface area contributed by atoms with Crippen LogP contribution in [0.1, 0.15) is 34.2 Å². The van der Waals surface area contributed by atoms with Gasteiger partial charge >= 0.3 is 0 Å². The Morgan fingerprint density at radius 1 is 1.08 bits per heavy atom. The van der Waals surface area contributed by atoms with Crippen LogP contribution in [0.15, 0.2) is 41.2 Å². The Bertz CT molecular complexity index is 820. The van der Waals surface area contributed by atoms with Crippen molar-refractivity contribution in [3.05, 3.63) is 63.0 Å². The average molecular weight is 363 g/mol. The lowest BCUT2D eigenvalue weighted by Crippen LogP contribution is -2.36. The first kappa shape index (κ1) is 18.7. The first-order valence-corrected chi connectivity index (χ1v) is 8.30. The average Bonchev–Trinajstić information content (AvgIpc) is 2.60. The Morgan fingerprint density at radius 2 is 1.76 bits per heavy atom. The van der Waals surface area contributed by atoms with Crippen LogP contribution < -0.4 is 16.2 Å². The van der Waals surface area contributed by atoms with Gasteiger partial charge in [0.15, 0.2) is 0 Å². The Labute approximate surface area is 150 Å². The summed E-state index contributed by atoms with van der Waals surface area (Å²) in [6.45, 7) is 2.84. The Hall–Kier alpha value is -2.67. The van der Waals surface area contributed by atoms with Crippen molar-refractivity contribution in [1.82, 2.24) is 20.4 Å². The molecule has 8 heteroatoms. The molecule has 0 saturated carbocycles. The summed E-state index contributed by atoms with van der Waals surface area (Å²) in [7, 11) is 0. The molecule has 2 rings (SSSR count). The molecule has 0 atom stereocenters. The van der Waals surface area contributed by atoms with Crippen LogP contribution in [0.5, 0.6) is 0 Å². The van der Waals surface area contributed by atoms with E-state index in [9.17, 15) is 14.4 Å². The van der Waals surface area contributed by atoms with Gasteiger partial charge in [-0.05, 0) is 24.6 Å². The van der Waals surface area contributed by atoms with E-state index in [0.717, 1.165) is 6.42 Å². The van der Waals surface area contributed by atoms with Crippen LogP contribution in [-0.2, 0) is 6.54 Å². The lowest BCUT2D eigenvalue weighted by molar-refractivity contribution is 0.0923. The van der Waals surface area contributed by atoms with Crippen molar-refractivity contribution in [2.75, 3.05) is 13.1 Å². The van der Waals surface area contributed by atoms with Gasteiger partial charge in [0.25, 0.3) is 17.4 Å². The molecule has 0 unspecified atom stereocenters. The number of hydrogen-bond donors (Lipinski definition) is 2. The Morgan fingerprint density at radius 3 is 2.44 bits per heavy atom. The van der Waals surface area contributed by atoms with Gasteiger partial charge in [-0.1, -0.05) is 30.7 Å². The van der Waals surface area contributed by atoms with Gasteiger partial charge in [-0.3, -0.25) is 14.4 Å². The summed E-state index contributed by atoms with van der Waals surface area (Å²) in [5.74, 6) is -0.716. The number of aromatic nitrogens is 2. The van der Waals surface area contributed by atoms with Gasteiger partial charge in [-0.25, -0.2) is 4.68 Å². The van der Waals surface area contributed by atoms with E-state index in [1.54, 1.807) is 24.3 Å². The highest BCUT2D eigenvalue weighted by molar-refractivity contribution is 6.33. The van der Waals surface area contributed by atoms with Gasteiger partial charge in [0, 0.05) is 25.7 Å². The lowest BCUT2D eigenvalue weighted by Gasteiger charge is -2.09. The van der Waals surface area contributed by atoms with Crippen molar-refractivity contribution < 1.29 is 9.59 Å². The minimum Gasteiger partial charge on any atom is -0.350 e. The zero-order chi connectivity index (χ0) is 18.2. The van der Waals surface area contributed by atoms with E-state index in [-0.39, 0.29) is 30.2 Å². The van der Waals surface area contributed by atoms with Gasteiger partial charge in [-0.2, -0.15) is 5.10 Å². The van der Waals surface area contributed by atoms with E-state index < -0.39 is 5.91 Å². The third kappa shape index (κ3) is 5.15. The standard InChI is InChI=1S/C17H19ClN4O3/c1-2-11-22-15(23)8-7-14(21-22)17(25)20-10-9-19-16(24)12-5-3-4-6-13(12)18/h3-8H,2,9-11H2,1H3,(H,19,24)(H,20,25). The molecule has 0 aliphatic heterocycles. The van der Waals surface area contributed by atoms with E-state index in [1.165, 1.54) is 16.8 Å². The molecule has 0 aliphatic carbocycles.